The van der Waals surface area contributed by atoms with Gasteiger partial charge in [-0.25, -0.2) is 0 Å². The molecule has 0 radical (unpaired) electrons. The fraction of sp³-hybridized carbons (Fsp3) is 0.471. The summed E-state index contributed by atoms with van der Waals surface area (Å²) < 4.78 is 1.93. The van der Waals surface area contributed by atoms with Gasteiger partial charge in [-0.2, -0.15) is 5.10 Å². The molecule has 0 aliphatic heterocycles. The minimum Gasteiger partial charge on any atom is -0.314 e. The maximum atomic E-state index is 6.47. The second-order valence-corrected chi connectivity index (χ2v) is 5.71. The Morgan fingerprint density at radius 1 is 1.19 bits per heavy atom. The third-order valence-electron chi connectivity index (χ3n) is 3.76. The second kappa shape index (κ2) is 7.62. The maximum Gasteiger partial charge on any atom is 0.0850 e. The molecule has 1 atom stereocenters. The van der Waals surface area contributed by atoms with E-state index in [2.05, 4.69) is 54.6 Å². The van der Waals surface area contributed by atoms with Crippen LogP contribution in [0.15, 0.2) is 30.3 Å². The highest BCUT2D eigenvalue weighted by Gasteiger charge is 2.17. The fourth-order valence-corrected chi connectivity index (χ4v) is 3.05. The molecule has 0 amide bonds. The van der Waals surface area contributed by atoms with E-state index >= 15 is 0 Å². The Bertz CT molecular complexity index is 563. The summed E-state index contributed by atoms with van der Waals surface area (Å²) in [6.45, 7) is 5.18. The summed E-state index contributed by atoms with van der Waals surface area (Å²) in [5, 5.41) is 8.90. The Hall–Kier alpha value is -1.32. The molecular formula is C17H24ClN3. The van der Waals surface area contributed by atoms with Crippen molar-refractivity contribution >= 4 is 11.6 Å². The average molecular weight is 306 g/mol. The zero-order valence-corrected chi connectivity index (χ0v) is 13.8. The van der Waals surface area contributed by atoms with E-state index in [4.69, 9.17) is 11.6 Å². The molecule has 1 aromatic heterocycles. The van der Waals surface area contributed by atoms with Gasteiger partial charge in [-0.15, -0.1) is 0 Å². The van der Waals surface area contributed by atoms with Gasteiger partial charge in [0.1, 0.15) is 0 Å². The quantitative estimate of drug-likeness (QED) is 0.849. The van der Waals surface area contributed by atoms with Crippen LogP contribution in [0.3, 0.4) is 0 Å². The predicted octanol–water partition coefficient (Wildman–Crippen LogP) is 3.40. The van der Waals surface area contributed by atoms with Gasteiger partial charge in [0, 0.05) is 19.5 Å². The van der Waals surface area contributed by atoms with Crippen molar-refractivity contribution in [2.24, 2.45) is 7.05 Å². The van der Waals surface area contributed by atoms with E-state index in [0.29, 0.717) is 6.04 Å². The van der Waals surface area contributed by atoms with Gasteiger partial charge in [-0.3, -0.25) is 4.68 Å². The van der Waals surface area contributed by atoms with Crippen molar-refractivity contribution in [3.63, 3.8) is 0 Å². The number of nitrogens with zero attached hydrogens (tertiary/aromatic N) is 2. The predicted molar refractivity (Wildman–Crippen MR) is 88.9 cm³/mol. The van der Waals surface area contributed by atoms with Crippen LogP contribution in [0.5, 0.6) is 0 Å². The van der Waals surface area contributed by atoms with E-state index in [-0.39, 0.29) is 0 Å². The van der Waals surface area contributed by atoms with Crippen molar-refractivity contribution < 1.29 is 0 Å². The first-order chi connectivity index (χ1) is 10.2. The van der Waals surface area contributed by atoms with Gasteiger partial charge in [0.15, 0.2) is 0 Å². The van der Waals surface area contributed by atoms with Crippen LogP contribution in [0, 0.1) is 0 Å². The lowest BCUT2D eigenvalue weighted by Gasteiger charge is -2.18. The number of benzene rings is 1. The Kier molecular flexibility index (Phi) is 5.83. The topological polar surface area (TPSA) is 29.9 Å². The standard InChI is InChI=1S/C17H24ClN3/c1-4-15-17(18)16(21(3)20-15)12-14(19-5-2)11-13-9-7-6-8-10-13/h6-10,14,19H,4-5,11-12H2,1-3H3. The van der Waals surface area contributed by atoms with Gasteiger partial charge in [0.25, 0.3) is 0 Å². The largest absolute Gasteiger partial charge is 0.314 e. The van der Waals surface area contributed by atoms with Crippen molar-refractivity contribution in [2.75, 3.05) is 6.54 Å². The molecule has 21 heavy (non-hydrogen) atoms. The van der Waals surface area contributed by atoms with Crippen LogP contribution >= 0.6 is 11.6 Å². The van der Waals surface area contributed by atoms with E-state index in [1.807, 2.05) is 11.7 Å². The van der Waals surface area contributed by atoms with Gasteiger partial charge >= 0.3 is 0 Å². The molecule has 2 rings (SSSR count). The highest BCUT2D eigenvalue weighted by molar-refractivity contribution is 6.31. The Balaban J connectivity index is 2.14. The molecule has 4 heteroatoms. The molecule has 0 spiro atoms. The van der Waals surface area contributed by atoms with Crippen molar-refractivity contribution in [1.82, 2.24) is 15.1 Å². The number of hydrogen-bond donors (Lipinski definition) is 1. The molecule has 0 saturated carbocycles. The first-order valence-corrected chi connectivity index (χ1v) is 8.01. The zero-order chi connectivity index (χ0) is 15.2. The molecule has 1 N–H and O–H groups in total. The van der Waals surface area contributed by atoms with Crippen LogP contribution in [0.1, 0.15) is 30.8 Å². The maximum absolute atomic E-state index is 6.47. The summed E-state index contributed by atoms with van der Waals surface area (Å²) in [5.74, 6) is 0. The Morgan fingerprint density at radius 2 is 1.90 bits per heavy atom. The van der Waals surface area contributed by atoms with Crippen LogP contribution in [0.2, 0.25) is 5.02 Å². The number of aromatic nitrogens is 2. The summed E-state index contributed by atoms with van der Waals surface area (Å²) >= 11 is 6.47. The Labute approximate surface area is 132 Å². The van der Waals surface area contributed by atoms with E-state index in [9.17, 15) is 0 Å². The van der Waals surface area contributed by atoms with E-state index < -0.39 is 0 Å². The number of likely N-dealkylation sites (N-methyl/N-ethyl adjacent to an activating group) is 1. The van der Waals surface area contributed by atoms with E-state index in [1.54, 1.807) is 0 Å². The minimum atomic E-state index is 0.370. The van der Waals surface area contributed by atoms with Crippen LogP contribution in [-0.4, -0.2) is 22.4 Å². The van der Waals surface area contributed by atoms with Gasteiger partial charge in [-0.1, -0.05) is 55.8 Å². The Morgan fingerprint density at radius 3 is 2.48 bits per heavy atom. The third kappa shape index (κ3) is 4.08. The minimum absolute atomic E-state index is 0.370. The molecule has 0 aliphatic carbocycles. The average Bonchev–Trinajstić information content (AvgIpc) is 2.76. The number of rotatable bonds is 7. The van der Waals surface area contributed by atoms with Crippen LogP contribution in [0.25, 0.3) is 0 Å². The molecule has 0 aliphatic rings. The molecule has 114 valence electrons. The van der Waals surface area contributed by atoms with E-state index in [0.717, 1.165) is 42.2 Å². The lowest BCUT2D eigenvalue weighted by atomic mass is 10.0. The second-order valence-electron chi connectivity index (χ2n) is 5.33. The normalized spacial score (nSPS) is 12.6. The van der Waals surface area contributed by atoms with Gasteiger partial charge < -0.3 is 5.32 Å². The fourth-order valence-electron chi connectivity index (χ4n) is 2.68. The molecule has 1 heterocycles. The van der Waals surface area contributed by atoms with Crippen LogP contribution in [-0.2, 0) is 26.3 Å². The molecular weight excluding hydrogens is 282 g/mol. The van der Waals surface area contributed by atoms with E-state index in [1.165, 1.54) is 5.56 Å². The molecule has 1 unspecified atom stereocenters. The first kappa shape index (κ1) is 16.1. The van der Waals surface area contributed by atoms with Crippen molar-refractivity contribution in [3.05, 3.63) is 52.3 Å². The molecule has 2 aromatic rings. The zero-order valence-electron chi connectivity index (χ0n) is 13.1. The molecule has 3 nitrogen and oxygen atoms in total. The van der Waals surface area contributed by atoms with Gasteiger partial charge in [0.05, 0.1) is 16.4 Å². The lowest BCUT2D eigenvalue weighted by Crippen LogP contribution is -2.33. The molecule has 0 saturated heterocycles. The third-order valence-corrected chi connectivity index (χ3v) is 4.20. The summed E-state index contributed by atoms with van der Waals surface area (Å²) in [6.07, 6.45) is 2.76. The number of nitrogens with one attached hydrogen (secondary N) is 1. The van der Waals surface area contributed by atoms with Gasteiger partial charge in [-0.05, 0) is 24.9 Å². The van der Waals surface area contributed by atoms with Crippen molar-refractivity contribution in [3.8, 4) is 0 Å². The van der Waals surface area contributed by atoms with Crippen molar-refractivity contribution in [2.45, 2.75) is 39.2 Å². The van der Waals surface area contributed by atoms with Gasteiger partial charge in [0.2, 0.25) is 0 Å². The van der Waals surface area contributed by atoms with Crippen LogP contribution < -0.4 is 5.32 Å². The number of aryl methyl sites for hydroxylation is 2. The summed E-state index contributed by atoms with van der Waals surface area (Å²) in [7, 11) is 1.98. The highest BCUT2D eigenvalue weighted by Crippen LogP contribution is 2.22. The highest BCUT2D eigenvalue weighted by atomic mass is 35.5. The summed E-state index contributed by atoms with van der Waals surface area (Å²) in [4.78, 5) is 0. The monoisotopic (exact) mass is 305 g/mol. The summed E-state index contributed by atoms with van der Waals surface area (Å²) in [6, 6.07) is 10.9. The molecule has 0 bridgehead atoms. The lowest BCUT2D eigenvalue weighted by molar-refractivity contribution is 0.504. The summed E-state index contributed by atoms with van der Waals surface area (Å²) in [5.41, 5.74) is 3.46. The SMILES string of the molecule is CCNC(Cc1ccccc1)Cc1c(Cl)c(CC)nn1C. The number of halogens is 1. The molecule has 0 fully saturated rings. The smallest absolute Gasteiger partial charge is 0.0850 e. The molecule has 1 aromatic carbocycles. The number of hydrogen-bond acceptors (Lipinski definition) is 2. The van der Waals surface area contributed by atoms with Crippen molar-refractivity contribution in [1.29, 1.82) is 0 Å². The van der Waals surface area contributed by atoms with Crippen LogP contribution in [0.4, 0.5) is 0 Å². The first-order valence-electron chi connectivity index (χ1n) is 7.63.